The number of aryl methyl sites for hydroxylation is 1. The predicted octanol–water partition coefficient (Wildman–Crippen LogP) is 2.30. The van der Waals surface area contributed by atoms with E-state index in [-0.39, 0.29) is 18.2 Å². The first-order valence-corrected chi connectivity index (χ1v) is 11.9. The van der Waals surface area contributed by atoms with Crippen LogP contribution in [-0.2, 0) is 29.2 Å². The van der Waals surface area contributed by atoms with Gasteiger partial charge >= 0.3 is 0 Å². The summed E-state index contributed by atoms with van der Waals surface area (Å²) in [5.74, 6) is 0.0509. The van der Waals surface area contributed by atoms with Gasteiger partial charge in [0.1, 0.15) is 6.04 Å². The first-order valence-electron chi connectivity index (χ1n) is 11.9. The Morgan fingerprint density at radius 1 is 1.09 bits per heavy atom. The first kappa shape index (κ1) is 21.4. The SMILES string of the molecule is Nc1cccc(-c2cn3c(n2)N(Cc2cccc4c2C(=O)N(C2CCC(=O)NC2=O)C4)CCC3)c1. The van der Waals surface area contributed by atoms with Crippen molar-refractivity contribution in [3.05, 3.63) is 65.4 Å². The number of amides is 3. The van der Waals surface area contributed by atoms with Gasteiger partial charge in [-0.1, -0.05) is 30.3 Å². The molecule has 6 rings (SSSR count). The zero-order chi connectivity index (χ0) is 24.1. The Balaban J connectivity index is 1.28. The lowest BCUT2D eigenvalue weighted by Crippen LogP contribution is -2.52. The maximum absolute atomic E-state index is 13.5. The lowest BCUT2D eigenvalue weighted by molar-refractivity contribution is -0.136. The third kappa shape index (κ3) is 3.73. The third-order valence-electron chi connectivity index (χ3n) is 7.05. The molecular weight excluding hydrogens is 444 g/mol. The minimum absolute atomic E-state index is 0.147. The van der Waals surface area contributed by atoms with E-state index in [9.17, 15) is 14.4 Å². The lowest BCUT2D eigenvalue weighted by atomic mass is 10.0. The number of nitrogen functional groups attached to an aromatic ring is 1. The number of hydrogen-bond acceptors (Lipinski definition) is 6. The number of piperidine rings is 1. The van der Waals surface area contributed by atoms with E-state index < -0.39 is 11.9 Å². The van der Waals surface area contributed by atoms with Crippen LogP contribution in [0.4, 0.5) is 11.6 Å². The minimum atomic E-state index is -0.616. The van der Waals surface area contributed by atoms with Crippen molar-refractivity contribution in [1.29, 1.82) is 0 Å². The van der Waals surface area contributed by atoms with Crippen LogP contribution in [0.5, 0.6) is 0 Å². The van der Waals surface area contributed by atoms with Crippen molar-refractivity contribution in [1.82, 2.24) is 19.8 Å². The molecule has 3 amide bonds. The fourth-order valence-corrected chi connectivity index (χ4v) is 5.37. The summed E-state index contributed by atoms with van der Waals surface area (Å²) in [6, 6.07) is 13.0. The number of carbonyl (C=O) groups is 3. The van der Waals surface area contributed by atoms with Crippen LogP contribution in [0, 0.1) is 0 Å². The zero-order valence-corrected chi connectivity index (χ0v) is 19.2. The van der Waals surface area contributed by atoms with E-state index in [4.69, 9.17) is 10.7 Å². The molecule has 3 N–H and O–H groups in total. The predicted molar refractivity (Wildman–Crippen MR) is 130 cm³/mol. The van der Waals surface area contributed by atoms with Gasteiger partial charge in [-0.3, -0.25) is 19.7 Å². The Morgan fingerprint density at radius 2 is 1.94 bits per heavy atom. The summed E-state index contributed by atoms with van der Waals surface area (Å²) in [5.41, 5.74) is 11.0. The molecule has 9 nitrogen and oxygen atoms in total. The Kier molecular flexibility index (Phi) is 5.05. The molecule has 1 fully saturated rings. The van der Waals surface area contributed by atoms with Gasteiger partial charge in [-0.2, -0.15) is 0 Å². The number of rotatable bonds is 4. The summed E-state index contributed by atoms with van der Waals surface area (Å²) in [5, 5.41) is 2.37. The van der Waals surface area contributed by atoms with Crippen LogP contribution >= 0.6 is 0 Å². The van der Waals surface area contributed by atoms with Crippen molar-refractivity contribution in [3.63, 3.8) is 0 Å². The first-order chi connectivity index (χ1) is 17.0. The highest BCUT2D eigenvalue weighted by Gasteiger charge is 2.40. The highest BCUT2D eigenvalue weighted by molar-refractivity contribution is 6.06. The van der Waals surface area contributed by atoms with Crippen LogP contribution in [0.3, 0.4) is 0 Å². The number of imide groups is 1. The molecule has 3 aliphatic rings. The maximum Gasteiger partial charge on any atom is 0.255 e. The zero-order valence-electron chi connectivity index (χ0n) is 19.2. The molecule has 1 aromatic heterocycles. The Morgan fingerprint density at radius 3 is 2.77 bits per heavy atom. The van der Waals surface area contributed by atoms with Crippen molar-refractivity contribution in [2.24, 2.45) is 0 Å². The second-order valence-electron chi connectivity index (χ2n) is 9.37. The van der Waals surface area contributed by atoms with E-state index in [2.05, 4.69) is 21.0 Å². The molecule has 1 atom stereocenters. The summed E-state index contributed by atoms with van der Waals surface area (Å²) < 4.78 is 2.16. The molecule has 0 aliphatic carbocycles. The number of anilines is 2. The molecule has 2 aromatic carbocycles. The van der Waals surface area contributed by atoms with Gasteiger partial charge in [0.05, 0.1) is 5.69 Å². The van der Waals surface area contributed by atoms with E-state index in [1.807, 2.05) is 42.5 Å². The Hall–Kier alpha value is -4.14. The standard InChI is InChI=1S/C26H26N6O3/c27-19-7-2-4-16(12-19)20-15-31-11-3-10-30(26(31)28-20)13-17-5-1-6-18-14-32(25(35)23(17)18)21-8-9-22(33)29-24(21)34/h1-2,4-7,12,15,21H,3,8-11,13-14,27H2,(H,29,33,34). The number of nitrogens with one attached hydrogen (secondary N) is 1. The fraction of sp³-hybridized carbons (Fsp3) is 0.308. The summed E-state index contributed by atoms with van der Waals surface area (Å²) in [6.45, 7) is 2.65. The normalized spacial score (nSPS) is 19.5. The van der Waals surface area contributed by atoms with Crippen LogP contribution in [0.2, 0.25) is 0 Å². The van der Waals surface area contributed by atoms with Gasteiger partial charge in [0.15, 0.2) is 0 Å². The van der Waals surface area contributed by atoms with Gasteiger partial charge in [0.25, 0.3) is 5.91 Å². The molecule has 178 valence electrons. The molecule has 3 aliphatic heterocycles. The molecule has 0 spiro atoms. The van der Waals surface area contributed by atoms with Crippen molar-refractivity contribution >= 4 is 29.4 Å². The molecule has 0 bridgehead atoms. The van der Waals surface area contributed by atoms with Gasteiger partial charge in [-0.05, 0) is 36.1 Å². The molecule has 35 heavy (non-hydrogen) atoms. The van der Waals surface area contributed by atoms with Crippen molar-refractivity contribution in [2.45, 2.75) is 44.9 Å². The summed E-state index contributed by atoms with van der Waals surface area (Å²) in [6.07, 6.45) is 3.64. The van der Waals surface area contributed by atoms with Gasteiger partial charge in [0.2, 0.25) is 17.8 Å². The highest BCUT2D eigenvalue weighted by Crippen LogP contribution is 2.33. The van der Waals surface area contributed by atoms with Crippen LogP contribution in [0.15, 0.2) is 48.7 Å². The van der Waals surface area contributed by atoms with E-state index in [0.29, 0.717) is 30.8 Å². The number of aromatic nitrogens is 2. The lowest BCUT2D eigenvalue weighted by Gasteiger charge is -2.30. The summed E-state index contributed by atoms with van der Waals surface area (Å²) in [4.78, 5) is 46.2. The third-order valence-corrected chi connectivity index (χ3v) is 7.05. The van der Waals surface area contributed by atoms with E-state index in [1.165, 1.54) is 0 Å². The van der Waals surface area contributed by atoms with E-state index >= 15 is 0 Å². The van der Waals surface area contributed by atoms with Crippen LogP contribution < -0.4 is 16.0 Å². The second-order valence-corrected chi connectivity index (χ2v) is 9.37. The molecular formula is C26H26N6O3. The molecule has 0 saturated carbocycles. The summed E-state index contributed by atoms with van der Waals surface area (Å²) >= 11 is 0. The molecule has 1 saturated heterocycles. The maximum atomic E-state index is 13.5. The monoisotopic (exact) mass is 470 g/mol. The van der Waals surface area contributed by atoms with Crippen LogP contribution in [-0.4, -0.2) is 44.8 Å². The largest absolute Gasteiger partial charge is 0.399 e. The van der Waals surface area contributed by atoms with Crippen molar-refractivity contribution in [2.75, 3.05) is 17.2 Å². The number of carbonyl (C=O) groups excluding carboxylic acids is 3. The van der Waals surface area contributed by atoms with Gasteiger partial charge in [-0.15, -0.1) is 0 Å². The fourth-order valence-electron chi connectivity index (χ4n) is 5.37. The smallest absolute Gasteiger partial charge is 0.255 e. The molecule has 9 heteroatoms. The van der Waals surface area contributed by atoms with Gasteiger partial charge in [-0.25, -0.2) is 4.98 Å². The Labute approximate surface area is 202 Å². The number of benzene rings is 2. The van der Waals surface area contributed by atoms with E-state index in [1.54, 1.807) is 4.90 Å². The quantitative estimate of drug-likeness (QED) is 0.447. The van der Waals surface area contributed by atoms with Crippen LogP contribution in [0.25, 0.3) is 11.3 Å². The molecule has 1 unspecified atom stereocenters. The second kappa shape index (κ2) is 8.26. The molecule has 4 heterocycles. The van der Waals surface area contributed by atoms with E-state index in [0.717, 1.165) is 47.8 Å². The number of hydrogen-bond donors (Lipinski definition) is 2. The minimum Gasteiger partial charge on any atom is -0.399 e. The van der Waals surface area contributed by atoms with Crippen molar-refractivity contribution < 1.29 is 14.4 Å². The molecule has 0 radical (unpaired) electrons. The van der Waals surface area contributed by atoms with Crippen molar-refractivity contribution in [3.8, 4) is 11.3 Å². The number of imidazole rings is 1. The molecule has 3 aromatic rings. The highest BCUT2D eigenvalue weighted by atomic mass is 16.2. The average Bonchev–Trinajstić information content (AvgIpc) is 3.42. The number of nitrogens with zero attached hydrogens (tertiary/aromatic N) is 4. The summed E-state index contributed by atoms with van der Waals surface area (Å²) in [7, 11) is 0. The van der Waals surface area contributed by atoms with Crippen LogP contribution in [0.1, 0.15) is 40.7 Å². The van der Waals surface area contributed by atoms with Gasteiger partial charge < -0.3 is 20.1 Å². The Bertz CT molecular complexity index is 1360. The van der Waals surface area contributed by atoms with Gasteiger partial charge in [0, 0.05) is 55.6 Å². The number of nitrogens with two attached hydrogens (primary N) is 1. The topological polar surface area (TPSA) is 114 Å². The average molecular weight is 471 g/mol. The number of fused-ring (bicyclic) bond motifs is 2.